The van der Waals surface area contributed by atoms with Gasteiger partial charge in [-0.05, 0) is 79.7 Å². The minimum atomic E-state index is -1.49. The van der Waals surface area contributed by atoms with Crippen molar-refractivity contribution in [3.63, 3.8) is 0 Å². The molecule has 11 heteroatoms. The molecular weight excluding hydrogens is 616 g/mol. The van der Waals surface area contributed by atoms with Gasteiger partial charge in [0.2, 0.25) is 11.8 Å². The Labute approximate surface area is 264 Å². The smallest absolute Gasteiger partial charge is 0.249 e. The first-order valence-electron chi connectivity index (χ1n) is 15.1. The fourth-order valence-electron chi connectivity index (χ4n) is 8.91. The fourth-order valence-corrected chi connectivity index (χ4v) is 9.27. The Hall–Kier alpha value is -2.62. The van der Waals surface area contributed by atoms with E-state index < -0.39 is 59.3 Å². The molecule has 2 spiro atoms. The van der Waals surface area contributed by atoms with E-state index in [9.17, 15) is 23.2 Å². The molecule has 6 nitrogen and oxygen atoms in total. The van der Waals surface area contributed by atoms with Crippen LogP contribution in [-0.4, -0.2) is 50.2 Å². The SMILES string of the molecule is CCNC(=O)[C@@H]1CC[C@@H](CC(=O)[C@@H]2CC3(CC(CF)(CF)C3)[C@@]3(C(=O)Nc4cc(Cl)ccc43)[C@H]2c2cccc(Cl)c2F)CO1. The molecule has 2 N–H and O–H groups in total. The van der Waals surface area contributed by atoms with E-state index in [2.05, 4.69) is 10.6 Å². The van der Waals surface area contributed by atoms with Crippen LogP contribution in [0.1, 0.15) is 62.5 Å². The van der Waals surface area contributed by atoms with Gasteiger partial charge in [-0.15, -0.1) is 0 Å². The number of rotatable bonds is 8. The largest absolute Gasteiger partial charge is 0.368 e. The van der Waals surface area contributed by atoms with Crippen LogP contribution in [0, 0.1) is 28.5 Å². The van der Waals surface area contributed by atoms with E-state index in [4.69, 9.17) is 27.9 Å². The molecule has 0 unspecified atom stereocenters. The summed E-state index contributed by atoms with van der Waals surface area (Å²) in [7, 11) is 0. The number of benzene rings is 2. The van der Waals surface area contributed by atoms with E-state index in [0.29, 0.717) is 35.7 Å². The van der Waals surface area contributed by atoms with Crippen molar-refractivity contribution in [2.75, 3.05) is 31.8 Å². The van der Waals surface area contributed by atoms with Gasteiger partial charge in [0, 0.05) is 40.9 Å². The summed E-state index contributed by atoms with van der Waals surface area (Å²) in [6, 6.07) is 9.49. The van der Waals surface area contributed by atoms with Crippen LogP contribution in [-0.2, 0) is 24.5 Å². The normalized spacial score (nSPS) is 29.7. The molecule has 2 aromatic carbocycles. The molecule has 2 amide bonds. The number of fused-ring (bicyclic) bond motifs is 3. The summed E-state index contributed by atoms with van der Waals surface area (Å²) < 4.78 is 50.5. The number of anilines is 1. The van der Waals surface area contributed by atoms with Crippen molar-refractivity contribution in [3.05, 3.63) is 63.4 Å². The molecule has 0 aromatic heterocycles. The lowest BCUT2D eigenvalue weighted by molar-refractivity contribution is -0.143. The molecule has 44 heavy (non-hydrogen) atoms. The third-order valence-corrected chi connectivity index (χ3v) is 11.1. The van der Waals surface area contributed by atoms with Gasteiger partial charge in [0.15, 0.2) is 0 Å². The lowest BCUT2D eigenvalue weighted by atomic mass is 9.43. The maximum atomic E-state index is 16.0. The molecule has 2 saturated carbocycles. The molecule has 0 radical (unpaired) electrons. The summed E-state index contributed by atoms with van der Waals surface area (Å²) in [5, 5.41) is 5.91. The highest BCUT2D eigenvalue weighted by molar-refractivity contribution is 6.31. The fraction of sp³-hybridized carbons (Fsp3) is 0.545. The standard InChI is InChI=1S/C33H35Cl2F3N2O4/c1-2-39-29(42)26-9-6-18(13-44-26)10-25(41)21-12-32(14-31(15-32,16-36)17-37)33(27(21)20-4-3-5-23(35)28(20)38)22-8-7-19(34)11-24(22)40-30(33)43/h3-5,7-8,11,18,21,26-27H,2,6,9-10,12-17H2,1H3,(H,39,42)(H,40,43)/t18-,21-,26-,27-,33+/m0/s1. The van der Waals surface area contributed by atoms with E-state index in [0.717, 1.165) is 0 Å². The van der Waals surface area contributed by atoms with Crippen LogP contribution in [0.2, 0.25) is 10.0 Å². The zero-order chi connectivity index (χ0) is 31.4. The lowest BCUT2D eigenvalue weighted by Crippen LogP contribution is -2.61. The number of Topliss-reactive ketones (excluding diaryl/α,β-unsaturated/α-hetero) is 1. The van der Waals surface area contributed by atoms with Crippen LogP contribution < -0.4 is 10.6 Å². The maximum Gasteiger partial charge on any atom is 0.249 e. The van der Waals surface area contributed by atoms with Gasteiger partial charge in [-0.2, -0.15) is 0 Å². The number of hydrogen-bond donors (Lipinski definition) is 2. The number of halogens is 5. The molecule has 0 bridgehead atoms. The van der Waals surface area contributed by atoms with E-state index in [1.807, 2.05) is 6.92 Å². The van der Waals surface area contributed by atoms with Gasteiger partial charge in [0.25, 0.3) is 0 Å². The number of ketones is 1. The van der Waals surface area contributed by atoms with Crippen LogP contribution in [0.4, 0.5) is 18.9 Å². The first kappa shape index (κ1) is 31.4. The number of carbonyl (C=O) groups excluding carboxylic acids is 3. The Morgan fingerprint density at radius 3 is 2.52 bits per heavy atom. The topological polar surface area (TPSA) is 84.5 Å². The minimum Gasteiger partial charge on any atom is -0.368 e. The Morgan fingerprint density at radius 1 is 1.11 bits per heavy atom. The number of carbonyl (C=O) groups is 3. The van der Waals surface area contributed by atoms with Gasteiger partial charge in [-0.3, -0.25) is 23.2 Å². The van der Waals surface area contributed by atoms with Crippen molar-refractivity contribution in [2.24, 2.45) is 22.7 Å². The van der Waals surface area contributed by atoms with Crippen molar-refractivity contribution < 1.29 is 32.3 Å². The molecule has 1 saturated heterocycles. The van der Waals surface area contributed by atoms with Gasteiger partial charge in [0.1, 0.15) is 17.7 Å². The molecule has 4 aliphatic rings. The van der Waals surface area contributed by atoms with Gasteiger partial charge >= 0.3 is 0 Å². The number of alkyl halides is 2. The quantitative estimate of drug-likeness (QED) is 0.332. The summed E-state index contributed by atoms with van der Waals surface area (Å²) in [5.41, 5.74) is -2.66. The highest BCUT2D eigenvalue weighted by Gasteiger charge is 2.77. The molecule has 6 rings (SSSR count). The summed E-state index contributed by atoms with van der Waals surface area (Å²) in [5.74, 6) is -3.53. The number of ether oxygens (including phenoxy) is 1. The monoisotopic (exact) mass is 650 g/mol. The first-order chi connectivity index (χ1) is 21.0. The van der Waals surface area contributed by atoms with Crippen LogP contribution in [0.3, 0.4) is 0 Å². The van der Waals surface area contributed by atoms with Crippen LogP contribution in [0.25, 0.3) is 0 Å². The van der Waals surface area contributed by atoms with E-state index in [1.165, 1.54) is 6.07 Å². The molecule has 2 aliphatic carbocycles. The zero-order valence-electron chi connectivity index (χ0n) is 24.4. The van der Waals surface area contributed by atoms with Crippen LogP contribution >= 0.6 is 23.2 Å². The molecule has 2 aromatic rings. The highest BCUT2D eigenvalue weighted by atomic mass is 35.5. The predicted molar refractivity (Wildman–Crippen MR) is 161 cm³/mol. The average Bonchev–Trinajstić information content (AvgIpc) is 3.46. The third kappa shape index (κ3) is 4.68. The van der Waals surface area contributed by atoms with Crippen molar-refractivity contribution in [3.8, 4) is 0 Å². The van der Waals surface area contributed by atoms with E-state index >= 15 is 4.39 Å². The summed E-state index contributed by atoms with van der Waals surface area (Å²) in [6.07, 6.45) is 0.793. The average molecular weight is 652 g/mol. The highest BCUT2D eigenvalue weighted by Crippen LogP contribution is 2.77. The summed E-state index contributed by atoms with van der Waals surface area (Å²) in [6.45, 7) is 0.714. The second kappa shape index (κ2) is 11.6. The van der Waals surface area contributed by atoms with E-state index in [-0.39, 0.29) is 60.5 Å². The number of nitrogens with one attached hydrogen (secondary N) is 2. The number of amides is 2. The Morgan fingerprint density at radius 2 is 1.86 bits per heavy atom. The van der Waals surface area contributed by atoms with Gasteiger partial charge in [-0.25, -0.2) is 4.39 Å². The molecular formula is C33H35Cl2F3N2O4. The molecule has 2 aliphatic heterocycles. The third-order valence-electron chi connectivity index (χ3n) is 10.6. The Kier molecular flexibility index (Phi) is 8.29. The van der Waals surface area contributed by atoms with E-state index in [1.54, 1.807) is 30.3 Å². The predicted octanol–water partition coefficient (Wildman–Crippen LogP) is 6.72. The van der Waals surface area contributed by atoms with Gasteiger partial charge < -0.3 is 15.4 Å². The van der Waals surface area contributed by atoms with Crippen molar-refractivity contribution in [1.82, 2.24) is 5.32 Å². The number of hydrogen-bond acceptors (Lipinski definition) is 4. The first-order valence-corrected chi connectivity index (χ1v) is 15.9. The van der Waals surface area contributed by atoms with Crippen molar-refractivity contribution in [2.45, 2.75) is 62.9 Å². The summed E-state index contributed by atoms with van der Waals surface area (Å²) >= 11 is 12.6. The Balaban J connectivity index is 1.43. The number of likely N-dealkylation sites (N-methyl/N-ethyl adjacent to an activating group) is 1. The minimum absolute atomic E-state index is 0.0334. The van der Waals surface area contributed by atoms with Crippen LogP contribution in [0.5, 0.6) is 0 Å². The van der Waals surface area contributed by atoms with Crippen molar-refractivity contribution >= 4 is 46.5 Å². The zero-order valence-corrected chi connectivity index (χ0v) is 25.9. The maximum absolute atomic E-state index is 16.0. The van der Waals surface area contributed by atoms with Gasteiger partial charge in [-0.1, -0.05) is 41.4 Å². The second-order valence-corrected chi connectivity index (χ2v) is 14.0. The second-order valence-electron chi connectivity index (χ2n) is 13.1. The van der Waals surface area contributed by atoms with Crippen molar-refractivity contribution in [1.29, 1.82) is 0 Å². The molecule has 236 valence electrons. The van der Waals surface area contributed by atoms with Gasteiger partial charge in [0.05, 0.1) is 30.4 Å². The van der Waals surface area contributed by atoms with Crippen LogP contribution in [0.15, 0.2) is 36.4 Å². The lowest BCUT2D eigenvalue weighted by Gasteiger charge is -2.59. The molecule has 5 atom stereocenters. The summed E-state index contributed by atoms with van der Waals surface area (Å²) in [4.78, 5) is 41.0. The Bertz CT molecular complexity index is 1490. The molecule has 3 fully saturated rings. The molecule has 2 heterocycles.